The molecule has 0 amide bonds. The molecule has 0 aliphatic heterocycles. The zero-order chi connectivity index (χ0) is 20.6. The highest BCUT2D eigenvalue weighted by Crippen LogP contribution is 2.45. The van der Waals surface area contributed by atoms with Gasteiger partial charge in [-0.15, -0.1) is 0 Å². The maximum atomic E-state index is 2.34. The fourth-order valence-corrected chi connectivity index (χ4v) is 5.41. The van der Waals surface area contributed by atoms with Crippen LogP contribution in [0.3, 0.4) is 0 Å². The number of benzene rings is 6. The van der Waals surface area contributed by atoms with E-state index < -0.39 is 0 Å². The van der Waals surface area contributed by atoms with Gasteiger partial charge in [-0.05, 0) is 104 Å². The second-order valence-corrected chi connectivity index (χ2v) is 8.70. The molecule has 0 heterocycles. The second-order valence-electron chi connectivity index (χ2n) is 8.70. The third kappa shape index (κ3) is 2.11. The maximum Gasteiger partial charge on any atom is -0.00138 e. The first-order valence-electron chi connectivity index (χ1n) is 10.7. The van der Waals surface area contributed by atoms with Gasteiger partial charge in [0.15, 0.2) is 0 Å². The molecule has 0 radical (unpaired) electrons. The molecule has 0 N–H and O–H groups in total. The molecule has 0 fully saturated rings. The fourth-order valence-electron chi connectivity index (χ4n) is 5.41. The van der Waals surface area contributed by atoms with Gasteiger partial charge in [-0.2, -0.15) is 0 Å². The summed E-state index contributed by atoms with van der Waals surface area (Å²) in [5.74, 6) is 0. The van der Waals surface area contributed by atoms with Crippen LogP contribution in [-0.2, 0) is 0 Å². The average Bonchev–Trinajstić information content (AvgIpc) is 2.77. The summed E-state index contributed by atoms with van der Waals surface area (Å²) in [5.41, 5.74) is 5.47. The Labute approximate surface area is 176 Å². The lowest BCUT2D eigenvalue weighted by molar-refractivity contribution is 1.38. The molecule has 6 aromatic carbocycles. The van der Waals surface area contributed by atoms with Crippen LogP contribution < -0.4 is 0 Å². The molecule has 0 heteroatoms. The first-order valence-corrected chi connectivity index (χ1v) is 10.7. The van der Waals surface area contributed by atoms with Gasteiger partial charge in [-0.3, -0.25) is 0 Å². The Bertz CT molecular complexity index is 1540. The predicted octanol–water partition coefficient (Wildman–Crippen LogP) is 8.69. The van der Waals surface area contributed by atoms with Crippen LogP contribution in [-0.4, -0.2) is 0 Å². The highest BCUT2D eigenvalue weighted by molar-refractivity contribution is 6.40. The first-order chi connectivity index (χ1) is 14.6. The number of rotatable bonds is 0. The van der Waals surface area contributed by atoms with Crippen molar-refractivity contribution in [2.24, 2.45) is 0 Å². The standard InChI is InChI=1S/C30H24/c1-17-13-15-25-27(19(17)3)21-9-5-7-11-23(21)30-26-16-14-18(2)20(4)28(26)22-10-6-8-12-24(22)29(25)30/h5-16H,1-4H3. The van der Waals surface area contributed by atoms with Crippen molar-refractivity contribution in [3.05, 3.63) is 95.1 Å². The topological polar surface area (TPSA) is 0 Å². The Morgan fingerprint density at radius 1 is 0.333 bits per heavy atom. The summed E-state index contributed by atoms with van der Waals surface area (Å²) < 4.78 is 0. The van der Waals surface area contributed by atoms with Crippen LogP contribution in [0.1, 0.15) is 22.3 Å². The van der Waals surface area contributed by atoms with Crippen LogP contribution in [0.15, 0.2) is 72.8 Å². The lowest BCUT2D eigenvalue weighted by Gasteiger charge is -2.19. The summed E-state index contributed by atoms with van der Waals surface area (Å²) in [5, 5.41) is 13.7. The Hall–Kier alpha value is -3.38. The van der Waals surface area contributed by atoms with Gasteiger partial charge >= 0.3 is 0 Å². The van der Waals surface area contributed by atoms with Gasteiger partial charge in [-0.1, -0.05) is 72.8 Å². The molecule has 0 nitrogen and oxygen atoms in total. The van der Waals surface area contributed by atoms with E-state index >= 15 is 0 Å². The normalized spacial score (nSPS) is 12.0. The minimum Gasteiger partial charge on any atom is -0.0616 e. The number of aryl methyl sites for hydroxylation is 4. The Morgan fingerprint density at radius 2 is 0.667 bits per heavy atom. The lowest BCUT2D eigenvalue weighted by atomic mass is 9.84. The van der Waals surface area contributed by atoms with Crippen LogP contribution in [0.4, 0.5) is 0 Å². The summed E-state index contributed by atoms with van der Waals surface area (Å²) in [6, 6.07) is 27.2. The van der Waals surface area contributed by atoms with E-state index in [-0.39, 0.29) is 0 Å². The molecule has 6 rings (SSSR count). The molecular formula is C30H24. The highest BCUT2D eigenvalue weighted by Gasteiger charge is 2.18. The molecule has 30 heavy (non-hydrogen) atoms. The van der Waals surface area contributed by atoms with E-state index in [9.17, 15) is 0 Å². The number of fused-ring (bicyclic) bond motifs is 11. The fraction of sp³-hybridized carbons (Fsp3) is 0.133. The van der Waals surface area contributed by atoms with Gasteiger partial charge in [0, 0.05) is 0 Å². The van der Waals surface area contributed by atoms with E-state index in [0.717, 1.165) is 0 Å². The molecule has 0 bridgehead atoms. The molecule has 0 unspecified atom stereocenters. The van der Waals surface area contributed by atoms with Gasteiger partial charge in [0.25, 0.3) is 0 Å². The van der Waals surface area contributed by atoms with E-state index in [0.29, 0.717) is 0 Å². The van der Waals surface area contributed by atoms with Crippen molar-refractivity contribution >= 4 is 53.9 Å². The van der Waals surface area contributed by atoms with Crippen LogP contribution in [0.25, 0.3) is 53.9 Å². The number of hydrogen-bond acceptors (Lipinski definition) is 0. The van der Waals surface area contributed by atoms with Gasteiger partial charge < -0.3 is 0 Å². The third-order valence-corrected chi connectivity index (χ3v) is 7.19. The van der Waals surface area contributed by atoms with Crippen LogP contribution >= 0.6 is 0 Å². The number of hydrogen-bond donors (Lipinski definition) is 0. The smallest absolute Gasteiger partial charge is 0.00138 e. The minimum absolute atomic E-state index is 1.35. The molecule has 0 spiro atoms. The summed E-state index contributed by atoms with van der Waals surface area (Å²) in [6.07, 6.45) is 0. The Kier molecular flexibility index (Phi) is 3.53. The lowest BCUT2D eigenvalue weighted by Crippen LogP contribution is -1.93. The molecule has 0 aliphatic carbocycles. The molecule has 144 valence electrons. The quantitative estimate of drug-likeness (QED) is 0.230. The van der Waals surface area contributed by atoms with E-state index in [1.165, 1.54) is 76.1 Å². The maximum absolute atomic E-state index is 2.34. The van der Waals surface area contributed by atoms with Crippen molar-refractivity contribution in [1.29, 1.82) is 0 Å². The van der Waals surface area contributed by atoms with Gasteiger partial charge in [0.2, 0.25) is 0 Å². The van der Waals surface area contributed by atoms with Crippen molar-refractivity contribution in [3.8, 4) is 0 Å². The summed E-state index contributed by atoms with van der Waals surface area (Å²) in [6.45, 7) is 8.98. The molecule has 0 atom stereocenters. The third-order valence-electron chi connectivity index (χ3n) is 7.19. The summed E-state index contributed by atoms with van der Waals surface area (Å²) >= 11 is 0. The molecule has 0 aliphatic rings. The Morgan fingerprint density at radius 3 is 1.03 bits per heavy atom. The minimum atomic E-state index is 1.35. The van der Waals surface area contributed by atoms with Crippen molar-refractivity contribution in [1.82, 2.24) is 0 Å². The van der Waals surface area contributed by atoms with Crippen LogP contribution in [0, 0.1) is 27.7 Å². The molecule has 0 aromatic heterocycles. The van der Waals surface area contributed by atoms with Crippen molar-refractivity contribution in [3.63, 3.8) is 0 Å². The van der Waals surface area contributed by atoms with Gasteiger partial charge in [0.1, 0.15) is 0 Å². The summed E-state index contributed by atoms with van der Waals surface area (Å²) in [4.78, 5) is 0. The molecule has 6 aromatic rings. The molecule has 0 saturated heterocycles. The van der Waals surface area contributed by atoms with E-state index in [1.807, 2.05) is 0 Å². The second kappa shape index (κ2) is 6.06. The largest absolute Gasteiger partial charge is 0.0616 e. The van der Waals surface area contributed by atoms with Crippen LogP contribution in [0.5, 0.6) is 0 Å². The van der Waals surface area contributed by atoms with E-state index in [4.69, 9.17) is 0 Å². The monoisotopic (exact) mass is 384 g/mol. The first kappa shape index (κ1) is 17.5. The van der Waals surface area contributed by atoms with E-state index in [1.54, 1.807) is 0 Å². The molecular weight excluding hydrogens is 360 g/mol. The summed E-state index contributed by atoms with van der Waals surface area (Å²) in [7, 11) is 0. The highest BCUT2D eigenvalue weighted by atomic mass is 14.2. The average molecular weight is 385 g/mol. The van der Waals surface area contributed by atoms with Crippen molar-refractivity contribution < 1.29 is 0 Å². The van der Waals surface area contributed by atoms with Crippen LogP contribution in [0.2, 0.25) is 0 Å². The SMILES string of the molecule is Cc1ccc2c(c1C)c1ccccc1c1c3ccc(C)c(C)c3c3ccccc3c21. The predicted molar refractivity (Wildman–Crippen MR) is 133 cm³/mol. The Balaban J connectivity index is 2.12. The zero-order valence-corrected chi connectivity index (χ0v) is 17.9. The van der Waals surface area contributed by atoms with Gasteiger partial charge in [-0.25, -0.2) is 0 Å². The van der Waals surface area contributed by atoms with E-state index in [2.05, 4.69) is 100 Å². The van der Waals surface area contributed by atoms with Crippen molar-refractivity contribution in [2.75, 3.05) is 0 Å². The molecule has 0 saturated carbocycles. The van der Waals surface area contributed by atoms with Gasteiger partial charge in [0.05, 0.1) is 0 Å². The van der Waals surface area contributed by atoms with Crippen molar-refractivity contribution in [2.45, 2.75) is 27.7 Å². The zero-order valence-electron chi connectivity index (χ0n) is 17.9.